The number of hydrogen-bond donors (Lipinski definition) is 1. The van der Waals surface area contributed by atoms with Crippen LogP contribution in [0.2, 0.25) is 0 Å². The van der Waals surface area contributed by atoms with Crippen molar-refractivity contribution in [2.24, 2.45) is 5.73 Å². The van der Waals surface area contributed by atoms with Gasteiger partial charge in [-0.05, 0) is 46.6 Å². The highest BCUT2D eigenvalue weighted by atomic mass is 79.9. The summed E-state index contributed by atoms with van der Waals surface area (Å²) in [7, 11) is 0. The van der Waals surface area contributed by atoms with Crippen LogP contribution in [-0.2, 0) is 6.54 Å². The molecule has 0 amide bonds. The molecule has 2 nitrogen and oxygen atoms in total. The zero-order valence-electron chi connectivity index (χ0n) is 10.7. The molecule has 2 aromatic rings. The fourth-order valence-corrected chi connectivity index (χ4v) is 4.27. The molecule has 0 aliphatic carbocycles. The van der Waals surface area contributed by atoms with Gasteiger partial charge in [0.2, 0.25) is 0 Å². The normalized spacial score (nSPS) is 17.8. The molecule has 19 heavy (non-hydrogen) atoms. The molecular weight excluding hydrogens is 320 g/mol. The summed E-state index contributed by atoms with van der Waals surface area (Å²) in [6.45, 7) is 2.85. The molecule has 1 aliphatic rings. The number of thiophene rings is 1. The van der Waals surface area contributed by atoms with Crippen molar-refractivity contribution in [3.63, 3.8) is 0 Å². The van der Waals surface area contributed by atoms with E-state index in [4.69, 9.17) is 5.73 Å². The zero-order valence-corrected chi connectivity index (χ0v) is 13.1. The van der Waals surface area contributed by atoms with Crippen molar-refractivity contribution in [3.8, 4) is 0 Å². The topological polar surface area (TPSA) is 29.3 Å². The Morgan fingerprint density at radius 1 is 1.37 bits per heavy atom. The van der Waals surface area contributed by atoms with Crippen LogP contribution in [0, 0.1) is 0 Å². The molecule has 4 heteroatoms. The Hall–Kier alpha value is -0.840. The number of fused-ring (bicyclic) bond motifs is 1. The first-order valence-electron chi connectivity index (χ1n) is 6.55. The van der Waals surface area contributed by atoms with Gasteiger partial charge in [-0.25, -0.2) is 0 Å². The second-order valence-electron chi connectivity index (χ2n) is 4.94. The van der Waals surface area contributed by atoms with Crippen LogP contribution in [0.4, 0.5) is 5.69 Å². The van der Waals surface area contributed by atoms with E-state index in [1.807, 2.05) is 11.3 Å². The molecule has 0 radical (unpaired) electrons. The number of benzene rings is 1. The number of anilines is 1. The van der Waals surface area contributed by atoms with E-state index in [1.54, 1.807) is 0 Å². The Balaban J connectivity index is 1.84. The molecular formula is C15H17BrN2S. The SMILES string of the molecule is NCCC1CN(Cc2cc(Br)cs2)c2ccccc21. The van der Waals surface area contributed by atoms with Gasteiger partial charge in [0.1, 0.15) is 0 Å². The van der Waals surface area contributed by atoms with Crippen molar-refractivity contribution in [1.29, 1.82) is 0 Å². The Labute approximate surface area is 126 Å². The third-order valence-electron chi connectivity index (χ3n) is 3.64. The first-order chi connectivity index (χ1) is 9.28. The van der Waals surface area contributed by atoms with Crippen molar-refractivity contribution < 1.29 is 0 Å². The van der Waals surface area contributed by atoms with Crippen LogP contribution in [0.25, 0.3) is 0 Å². The monoisotopic (exact) mass is 336 g/mol. The number of halogens is 1. The smallest absolute Gasteiger partial charge is 0.0523 e. The lowest BCUT2D eigenvalue weighted by Crippen LogP contribution is -2.21. The fraction of sp³-hybridized carbons (Fsp3) is 0.333. The highest BCUT2D eigenvalue weighted by molar-refractivity contribution is 9.10. The molecule has 1 unspecified atom stereocenters. The van der Waals surface area contributed by atoms with Crippen LogP contribution < -0.4 is 10.6 Å². The quantitative estimate of drug-likeness (QED) is 0.915. The molecule has 0 fully saturated rings. The highest BCUT2D eigenvalue weighted by Gasteiger charge is 2.27. The molecule has 2 N–H and O–H groups in total. The second-order valence-corrected chi connectivity index (χ2v) is 6.86. The summed E-state index contributed by atoms with van der Waals surface area (Å²) in [5, 5.41) is 2.15. The number of para-hydroxylation sites is 1. The van der Waals surface area contributed by atoms with Gasteiger partial charge in [-0.15, -0.1) is 11.3 Å². The average Bonchev–Trinajstić information content (AvgIpc) is 2.97. The molecule has 0 saturated carbocycles. The number of hydrogen-bond acceptors (Lipinski definition) is 3. The molecule has 3 rings (SSSR count). The number of rotatable bonds is 4. The summed E-state index contributed by atoms with van der Waals surface area (Å²) >= 11 is 5.34. The first kappa shape index (κ1) is 13.2. The molecule has 1 aromatic heterocycles. The van der Waals surface area contributed by atoms with E-state index in [0.29, 0.717) is 5.92 Å². The average molecular weight is 337 g/mol. The fourth-order valence-electron chi connectivity index (χ4n) is 2.81. The maximum atomic E-state index is 5.74. The third-order valence-corrected chi connectivity index (χ3v) is 5.32. The standard InChI is InChI=1S/C15H17BrN2S/c16-12-7-13(19-10-12)9-18-8-11(5-6-17)14-3-1-2-4-15(14)18/h1-4,7,10-11H,5-6,8-9,17H2. The minimum atomic E-state index is 0.588. The summed E-state index contributed by atoms with van der Waals surface area (Å²) in [6.07, 6.45) is 1.07. The van der Waals surface area contributed by atoms with E-state index < -0.39 is 0 Å². The minimum absolute atomic E-state index is 0.588. The predicted molar refractivity (Wildman–Crippen MR) is 85.9 cm³/mol. The molecule has 0 bridgehead atoms. The Bertz CT molecular complexity index is 567. The van der Waals surface area contributed by atoms with Gasteiger partial charge in [0.15, 0.2) is 0 Å². The molecule has 0 spiro atoms. The van der Waals surface area contributed by atoms with Gasteiger partial charge in [-0.1, -0.05) is 18.2 Å². The van der Waals surface area contributed by atoms with Crippen LogP contribution in [0.5, 0.6) is 0 Å². The lowest BCUT2D eigenvalue weighted by Gasteiger charge is -2.19. The summed E-state index contributed by atoms with van der Waals surface area (Å²) in [4.78, 5) is 3.88. The lowest BCUT2D eigenvalue weighted by molar-refractivity contribution is 0.645. The van der Waals surface area contributed by atoms with Gasteiger partial charge in [-0.2, -0.15) is 0 Å². The van der Waals surface area contributed by atoms with E-state index >= 15 is 0 Å². The van der Waals surface area contributed by atoms with Crippen molar-refractivity contribution >= 4 is 33.0 Å². The third kappa shape index (κ3) is 2.71. The van der Waals surface area contributed by atoms with E-state index in [1.165, 1.54) is 20.6 Å². The Kier molecular flexibility index (Phi) is 3.91. The van der Waals surface area contributed by atoms with Gasteiger partial charge >= 0.3 is 0 Å². The molecule has 2 heterocycles. The van der Waals surface area contributed by atoms with Crippen LogP contribution in [-0.4, -0.2) is 13.1 Å². The van der Waals surface area contributed by atoms with Crippen LogP contribution in [0.1, 0.15) is 22.8 Å². The Morgan fingerprint density at radius 2 is 2.21 bits per heavy atom. The maximum absolute atomic E-state index is 5.74. The summed E-state index contributed by atoms with van der Waals surface area (Å²) in [5.41, 5.74) is 8.59. The van der Waals surface area contributed by atoms with E-state index in [2.05, 4.69) is 56.5 Å². The molecule has 1 atom stereocenters. The lowest BCUT2D eigenvalue weighted by atomic mass is 9.98. The molecule has 0 saturated heterocycles. The Morgan fingerprint density at radius 3 is 2.95 bits per heavy atom. The molecule has 1 aliphatic heterocycles. The first-order valence-corrected chi connectivity index (χ1v) is 8.22. The van der Waals surface area contributed by atoms with Gasteiger partial charge < -0.3 is 10.6 Å². The predicted octanol–water partition coefficient (Wildman–Crippen LogP) is 3.96. The van der Waals surface area contributed by atoms with Gasteiger partial charge in [-0.3, -0.25) is 0 Å². The number of nitrogens with zero attached hydrogens (tertiary/aromatic N) is 1. The maximum Gasteiger partial charge on any atom is 0.0523 e. The number of nitrogens with two attached hydrogens (primary N) is 1. The summed E-state index contributed by atoms with van der Waals surface area (Å²) < 4.78 is 1.18. The van der Waals surface area contributed by atoms with Crippen molar-refractivity contribution in [3.05, 3.63) is 50.6 Å². The van der Waals surface area contributed by atoms with Gasteiger partial charge in [0.05, 0.1) is 6.54 Å². The minimum Gasteiger partial charge on any atom is -0.366 e. The zero-order chi connectivity index (χ0) is 13.2. The summed E-state index contributed by atoms with van der Waals surface area (Å²) in [6, 6.07) is 11.0. The molecule has 100 valence electrons. The van der Waals surface area contributed by atoms with E-state index in [0.717, 1.165) is 26.1 Å². The molecule has 1 aromatic carbocycles. The van der Waals surface area contributed by atoms with Gasteiger partial charge in [0, 0.05) is 32.9 Å². The van der Waals surface area contributed by atoms with Crippen LogP contribution in [0.15, 0.2) is 40.2 Å². The van der Waals surface area contributed by atoms with E-state index in [9.17, 15) is 0 Å². The largest absolute Gasteiger partial charge is 0.366 e. The van der Waals surface area contributed by atoms with E-state index in [-0.39, 0.29) is 0 Å². The van der Waals surface area contributed by atoms with Crippen LogP contribution in [0.3, 0.4) is 0 Å². The van der Waals surface area contributed by atoms with Crippen molar-refractivity contribution in [2.75, 3.05) is 18.0 Å². The van der Waals surface area contributed by atoms with Crippen molar-refractivity contribution in [2.45, 2.75) is 18.9 Å². The van der Waals surface area contributed by atoms with Gasteiger partial charge in [0.25, 0.3) is 0 Å². The summed E-state index contributed by atoms with van der Waals surface area (Å²) in [5.74, 6) is 0.588. The van der Waals surface area contributed by atoms with Crippen LogP contribution >= 0.6 is 27.3 Å². The second kappa shape index (κ2) is 5.65. The van der Waals surface area contributed by atoms with Crippen molar-refractivity contribution in [1.82, 2.24) is 0 Å². The highest BCUT2D eigenvalue weighted by Crippen LogP contribution is 2.39.